The van der Waals surface area contributed by atoms with Gasteiger partial charge in [0.05, 0.1) is 5.60 Å². The van der Waals surface area contributed by atoms with Crippen molar-refractivity contribution in [1.29, 1.82) is 0 Å². The number of rotatable bonds is 2. The third-order valence-corrected chi connectivity index (χ3v) is 2.08. The first kappa shape index (κ1) is 8.74. The predicted molar refractivity (Wildman–Crippen MR) is 48.4 cm³/mol. The summed E-state index contributed by atoms with van der Waals surface area (Å²) >= 11 is 4.69. The smallest absolute Gasteiger partial charge is 0.163 e. The molecule has 1 rings (SSSR count). The molecule has 1 heterocycles. The highest BCUT2D eigenvalue weighted by Crippen LogP contribution is 2.23. The maximum Gasteiger partial charge on any atom is 0.163 e. The highest BCUT2D eigenvalue weighted by atomic mass is 32.1. The van der Waals surface area contributed by atoms with E-state index in [9.17, 15) is 0 Å². The summed E-state index contributed by atoms with van der Waals surface area (Å²) in [6, 6.07) is 0. The van der Waals surface area contributed by atoms with Crippen molar-refractivity contribution in [3.05, 3.63) is 0 Å². The Kier molecular flexibility index (Phi) is 2.67. The number of hydrogen-bond donors (Lipinski definition) is 2. The molecule has 0 radical (unpaired) electrons. The van der Waals surface area contributed by atoms with Crippen molar-refractivity contribution in [3.63, 3.8) is 0 Å². The van der Waals surface area contributed by atoms with E-state index < -0.39 is 0 Å². The first-order valence-electron chi connectivity index (χ1n) is 3.80. The Morgan fingerprint density at radius 1 is 1.82 bits per heavy atom. The van der Waals surface area contributed by atoms with Gasteiger partial charge in [0.2, 0.25) is 0 Å². The number of thiocarbonyl (C=S) groups is 1. The number of ether oxygens (including phenoxy) is 1. The standard InChI is InChI=1S/C7H14N2OS/c1-7(3-2-4-10-7)5-9-6(8)11/h2-5H2,1H3,(H3,8,9,11). The molecule has 0 aliphatic carbocycles. The van der Waals surface area contributed by atoms with Crippen LogP contribution in [-0.2, 0) is 4.74 Å². The van der Waals surface area contributed by atoms with Crippen molar-refractivity contribution in [2.24, 2.45) is 5.73 Å². The largest absolute Gasteiger partial charge is 0.376 e. The van der Waals surface area contributed by atoms with Gasteiger partial charge in [0.1, 0.15) is 0 Å². The molecular weight excluding hydrogens is 160 g/mol. The second-order valence-corrected chi connectivity index (χ2v) is 3.56. The quantitative estimate of drug-likeness (QED) is 0.594. The molecule has 0 aromatic heterocycles. The minimum Gasteiger partial charge on any atom is -0.376 e. The lowest BCUT2D eigenvalue weighted by Gasteiger charge is -2.23. The molecule has 0 bridgehead atoms. The SMILES string of the molecule is CC1(CNC(N)=S)CCCO1. The van der Waals surface area contributed by atoms with Crippen LogP contribution in [0.5, 0.6) is 0 Å². The van der Waals surface area contributed by atoms with E-state index in [4.69, 9.17) is 22.7 Å². The summed E-state index contributed by atoms with van der Waals surface area (Å²) in [5.74, 6) is 0. The van der Waals surface area contributed by atoms with E-state index in [2.05, 4.69) is 12.2 Å². The number of nitrogens with two attached hydrogens (primary N) is 1. The van der Waals surface area contributed by atoms with Crippen LogP contribution in [0.3, 0.4) is 0 Å². The molecule has 1 aliphatic heterocycles. The normalized spacial score (nSPS) is 30.3. The van der Waals surface area contributed by atoms with Gasteiger partial charge in [-0.15, -0.1) is 0 Å². The van der Waals surface area contributed by atoms with Crippen LogP contribution >= 0.6 is 12.2 Å². The van der Waals surface area contributed by atoms with Gasteiger partial charge in [0, 0.05) is 13.2 Å². The first-order chi connectivity index (χ1) is 5.12. The van der Waals surface area contributed by atoms with E-state index in [1.54, 1.807) is 0 Å². The lowest BCUT2D eigenvalue weighted by molar-refractivity contribution is 0.0245. The predicted octanol–water partition coefficient (Wildman–Crippen LogP) is 0.389. The van der Waals surface area contributed by atoms with Crippen molar-refractivity contribution < 1.29 is 4.74 Å². The molecule has 1 unspecified atom stereocenters. The molecule has 1 saturated heterocycles. The van der Waals surface area contributed by atoms with Gasteiger partial charge < -0.3 is 15.8 Å². The van der Waals surface area contributed by atoms with E-state index in [1.165, 1.54) is 0 Å². The van der Waals surface area contributed by atoms with Crippen LogP contribution in [0.1, 0.15) is 19.8 Å². The lowest BCUT2D eigenvalue weighted by atomic mass is 10.0. The van der Waals surface area contributed by atoms with E-state index >= 15 is 0 Å². The van der Waals surface area contributed by atoms with Crippen molar-refractivity contribution >= 4 is 17.3 Å². The molecule has 0 saturated carbocycles. The summed E-state index contributed by atoms with van der Waals surface area (Å²) in [6.07, 6.45) is 2.22. The van der Waals surface area contributed by atoms with E-state index in [0.717, 1.165) is 26.0 Å². The molecule has 1 fully saturated rings. The highest BCUT2D eigenvalue weighted by molar-refractivity contribution is 7.80. The molecule has 1 aliphatic rings. The van der Waals surface area contributed by atoms with Gasteiger partial charge in [0.25, 0.3) is 0 Å². The van der Waals surface area contributed by atoms with Crippen molar-refractivity contribution in [2.75, 3.05) is 13.2 Å². The Labute approximate surface area is 72.3 Å². The summed E-state index contributed by atoms with van der Waals surface area (Å²) in [7, 11) is 0. The summed E-state index contributed by atoms with van der Waals surface area (Å²) in [4.78, 5) is 0. The van der Waals surface area contributed by atoms with Gasteiger partial charge in [0.15, 0.2) is 5.11 Å². The average Bonchev–Trinajstić information content (AvgIpc) is 2.33. The monoisotopic (exact) mass is 174 g/mol. The van der Waals surface area contributed by atoms with Crippen LogP contribution in [0, 0.1) is 0 Å². The Hall–Kier alpha value is -0.350. The Morgan fingerprint density at radius 2 is 2.55 bits per heavy atom. The van der Waals surface area contributed by atoms with Crippen molar-refractivity contribution in [1.82, 2.24) is 5.32 Å². The maximum absolute atomic E-state index is 5.51. The van der Waals surface area contributed by atoms with Gasteiger partial charge in [-0.1, -0.05) is 0 Å². The Morgan fingerprint density at radius 3 is 3.00 bits per heavy atom. The van der Waals surface area contributed by atoms with Crippen molar-refractivity contribution in [2.45, 2.75) is 25.4 Å². The maximum atomic E-state index is 5.51. The zero-order valence-corrected chi connectivity index (χ0v) is 7.54. The molecule has 0 amide bonds. The van der Waals surface area contributed by atoms with Crippen LogP contribution in [-0.4, -0.2) is 23.9 Å². The molecular formula is C7H14N2OS. The molecule has 0 aromatic carbocycles. The molecule has 11 heavy (non-hydrogen) atoms. The fourth-order valence-electron chi connectivity index (χ4n) is 1.25. The molecule has 0 aromatic rings. The molecule has 3 N–H and O–H groups in total. The molecule has 4 heteroatoms. The molecule has 64 valence electrons. The summed E-state index contributed by atoms with van der Waals surface area (Å²) in [5, 5.41) is 3.26. The summed E-state index contributed by atoms with van der Waals surface area (Å²) < 4.78 is 5.51. The van der Waals surface area contributed by atoms with Gasteiger partial charge in [-0.2, -0.15) is 0 Å². The second-order valence-electron chi connectivity index (χ2n) is 3.12. The van der Waals surface area contributed by atoms with Gasteiger partial charge >= 0.3 is 0 Å². The number of nitrogens with one attached hydrogen (secondary N) is 1. The van der Waals surface area contributed by atoms with Gasteiger partial charge in [-0.05, 0) is 32.0 Å². The lowest BCUT2D eigenvalue weighted by Crippen LogP contribution is -2.42. The van der Waals surface area contributed by atoms with E-state index in [0.29, 0.717) is 5.11 Å². The van der Waals surface area contributed by atoms with Crippen LogP contribution in [0.15, 0.2) is 0 Å². The van der Waals surface area contributed by atoms with Crippen LogP contribution in [0.4, 0.5) is 0 Å². The molecule has 3 nitrogen and oxygen atoms in total. The third kappa shape index (κ3) is 2.63. The molecule has 1 atom stereocenters. The topological polar surface area (TPSA) is 47.3 Å². The van der Waals surface area contributed by atoms with Crippen LogP contribution in [0.25, 0.3) is 0 Å². The van der Waals surface area contributed by atoms with Crippen LogP contribution < -0.4 is 11.1 Å². The van der Waals surface area contributed by atoms with Crippen molar-refractivity contribution in [3.8, 4) is 0 Å². The van der Waals surface area contributed by atoms with E-state index in [1.807, 2.05) is 0 Å². The summed E-state index contributed by atoms with van der Waals surface area (Å²) in [6.45, 7) is 3.66. The van der Waals surface area contributed by atoms with Crippen LogP contribution in [0.2, 0.25) is 0 Å². The number of hydrogen-bond acceptors (Lipinski definition) is 2. The molecule has 0 spiro atoms. The Balaban J connectivity index is 2.28. The zero-order valence-electron chi connectivity index (χ0n) is 6.72. The minimum absolute atomic E-state index is 0.0522. The average molecular weight is 174 g/mol. The summed E-state index contributed by atoms with van der Waals surface area (Å²) in [5.41, 5.74) is 5.24. The fraction of sp³-hybridized carbons (Fsp3) is 0.857. The zero-order chi connectivity index (χ0) is 8.32. The first-order valence-corrected chi connectivity index (χ1v) is 4.20. The second kappa shape index (κ2) is 3.36. The minimum atomic E-state index is -0.0522. The Bertz CT molecular complexity index is 155. The fourth-order valence-corrected chi connectivity index (χ4v) is 1.32. The third-order valence-electron chi connectivity index (χ3n) is 1.94. The van der Waals surface area contributed by atoms with E-state index in [-0.39, 0.29) is 5.60 Å². The highest BCUT2D eigenvalue weighted by Gasteiger charge is 2.29. The van der Waals surface area contributed by atoms with Gasteiger partial charge in [-0.25, -0.2) is 0 Å². The van der Waals surface area contributed by atoms with Gasteiger partial charge in [-0.3, -0.25) is 0 Å².